The topological polar surface area (TPSA) is 77.2 Å². The molecular formula is C11H13F4N3O2. The predicted octanol–water partition coefficient (Wildman–Crippen LogP) is 2.15. The Morgan fingerprint density at radius 1 is 1.55 bits per heavy atom. The van der Waals surface area contributed by atoms with Gasteiger partial charge in [0, 0.05) is 0 Å². The van der Waals surface area contributed by atoms with E-state index in [1.807, 2.05) is 5.32 Å². The van der Waals surface area contributed by atoms with Crippen molar-refractivity contribution < 1.29 is 27.1 Å². The van der Waals surface area contributed by atoms with Crippen LogP contribution in [0.4, 0.5) is 29.1 Å². The number of anilines is 2. The zero-order valence-electron chi connectivity index (χ0n) is 10.5. The Labute approximate surface area is 112 Å². The van der Waals surface area contributed by atoms with E-state index in [-0.39, 0.29) is 23.7 Å². The van der Waals surface area contributed by atoms with E-state index in [9.17, 15) is 22.4 Å². The molecule has 0 radical (unpaired) electrons. The lowest BCUT2D eigenvalue weighted by Gasteiger charge is -2.16. The fourth-order valence-electron chi connectivity index (χ4n) is 1.23. The first-order chi connectivity index (χ1) is 9.27. The minimum absolute atomic E-state index is 0.00498. The van der Waals surface area contributed by atoms with Gasteiger partial charge in [0.1, 0.15) is 5.82 Å². The van der Waals surface area contributed by atoms with Crippen LogP contribution in [0.3, 0.4) is 0 Å². The first kappa shape index (κ1) is 16.0. The van der Waals surface area contributed by atoms with E-state index in [4.69, 9.17) is 10.5 Å². The maximum Gasteiger partial charge on any atom is 0.340 e. The monoisotopic (exact) mass is 295 g/mol. The molecule has 1 aromatic rings. The van der Waals surface area contributed by atoms with Crippen molar-refractivity contribution in [3.05, 3.63) is 17.8 Å². The maximum absolute atomic E-state index is 12.7. The van der Waals surface area contributed by atoms with Gasteiger partial charge in [-0.1, -0.05) is 0 Å². The van der Waals surface area contributed by atoms with Crippen LogP contribution in [0.2, 0.25) is 0 Å². The number of nitrogens with one attached hydrogen (secondary N) is 1. The van der Waals surface area contributed by atoms with E-state index < -0.39 is 24.9 Å². The van der Waals surface area contributed by atoms with Gasteiger partial charge in [0.05, 0.1) is 30.6 Å². The molecule has 0 saturated heterocycles. The molecule has 3 N–H and O–H groups in total. The van der Waals surface area contributed by atoms with Crippen LogP contribution < -0.4 is 11.1 Å². The Kier molecular flexibility index (Phi) is 5.12. The third-order valence-electron chi connectivity index (χ3n) is 2.25. The molecule has 112 valence electrons. The molecule has 0 bridgehead atoms. The number of esters is 1. The number of nitrogens with zero attached hydrogens (tertiary/aromatic N) is 1. The van der Waals surface area contributed by atoms with Crippen molar-refractivity contribution in [2.75, 3.05) is 24.2 Å². The lowest BCUT2D eigenvalue weighted by molar-refractivity contribution is -0.117. The van der Waals surface area contributed by atoms with Crippen LogP contribution in [0, 0.1) is 0 Å². The number of nitrogens with two attached hydrogens (primary N) is 1. The van der Waals surface area contributed by atoms with Gasteiger partial charge >= 0.3 is 18.3 Å². The van der Waals surface area contributed by atoms with Crippen LogP contribution in [-0.4, -0.2) is 36.5 Å². The second-order valence-electron chi connectivity index (χ2n) is 3.79. The van der Waals surface area contributed by atoms with Gasteiger partial charge < -0.3 is 15.8 Å². The number of alkyl halides is 4. The first-order valence-electron chi connectivity index (χ1n) is 5.60. The SMILES string of the molecule is CCOC(=O)c1cc(NCC(F)(F)C(F)F)ncc1N. The zero-order chi connectivity index (χ0) is 15.3. The highest BCUT2D eigenvalue weighted by atomic mass is 19.3. The van der Waals surface area contributed by atoms with E-state index in [1.165, 1.54) is 0 Å². The summed E-state index contributed by atoms with van der Waals surface area (Å²) in [6.07, 6.45) is -2.75. The summed E-state index contributed by atoms with van der Waals surface area (Å²) in [5.41, 5.74) is 5.41. The average molecular weight is 295 g/mol. The summed E-state index contributed by atoms with van der Waals surface area (Å²) in [5.74, 6) is -5.13. The zero-order valence-corrected chi connectivity index (χ0v) is 10.5. The molecule has 0 aliphatic carbocycles. The van der Waals surface area contributed by atoms with Crippen molar-refractivity contribution in [3.8, 4) is 0 Å². The highest BCUT2D eigenvalue weighted by Gasteiger charge is 2.40. The van der Waals surface area contributed by atoms with Crippen molar-refractivity contribution in [1.29, 1.82) is 0 Å². The largest absolute Gasteiger partial charge is 0.462 e. The van der Waals surface area contributed by atoms with Gasteiger partial charge in [-0.15, -0.1) is 0 Å². The molecule has 0 unspecified atom stereocenters. The normalized spacial score (nSPS) is 11.5. The molecule has 0 saturated carbocycles. The highest BCUT2D eigenvalue weighted by molar-refractivity contribution is 5.95. The van der Waals surface area contributed by atoms with E-state index in [0.29, 0.717) is 0 Å². The summed E-state index contributed by atoms with van der Waals surface area (Å²) >= 11 is 0. The second-order valence-corrected chi connectivity index (χ2v) is 3.79. The second kappa shape index (κ2) is 6.40. The number of aromatic nitrogens is 1. The van der Waals surface area contributed by atoms with Crippen molar-refractivity contribution in [2.24, 2.45) is 0 Å². The van der Waals surface area contributed by atoms with Gasteiger partial charge in [0.15, 0.2) is 0 Å². The molecule has 9 heteroatoms. The molecule has 0 atom stereocenters. The summed E-state index contributed by atoms with van der Waals surface area (Å²) in [5, 5.41) is 2.03. The lowest BCUT2D eigenvalue weighted by Crippen LogP contribution is -2.35. The van der Waals surface area contributed by atoms with Crippen molar-refractivity contribution in [3.63, 3.8) is 0 Å². The molecule has 5 nitrogen and oxygen atoms in total. The van der Waals surface area contributed by atoms with Crippen LogP contribution in [0.25, 0.3) is 0 Å². The predicted molar refractivity (Wildman–Crippen MR) is 64.0 cm³/mol. The average Bonchev–Trinajstić information content (AvgIpc) is 2.37. The Morgan fingerprint density at radius 3 is 2.75 bits per heavy atom. The van der Waals surface area contributed by atoms with E-state index >= 15 is 0 Å². The fourth-order valence-corrected chi connectivity index (χ4v) is 1.23. The van der Waals surface area contributed by atoms with Crippen LogP contribution >= 0.6 is 0 Å². The number of hydrogen-bond donors (Lipinski definition) is 2. The highest BCUT2D eigenvalue weighted by Crippen LogP contribution is 2.23. The minimum Gasteiger partial charge on any atom is -0.462 e. The number of pyridine rings is 1. The molecule has 0 aliphatic rings. The number of carbonyl (C=O) groups is 1. The van der Waals surface area contributed by atoms with Gasteiger partial charge in [-0.2, -0.15) is 8.78 Å². The quantitative estimate of drug-likeness (QED) is 0.621. The number of carbonyl (C=O) groups excluding carboxylic acids is 1. The molecule has 0 aromatic carbocycles. The Bertz CT molecular complexity index is 483. The molecule has 1 heterocycles. The molecule has 20 heavy (non-hydrogen) atoms. The summed E-state index contributed by atoms with van der Waals surface area (Å²) in [7, 11) is 0. The fraction of sp³-hybridized carbons (Fsp3) is 0.455. The first-order valence-corrected chi connectivity index (χ1v) is 5.60. The maximum atomic E-state index is 12.7. The Balaban J connectivity index is 2.83. The minimum atomic E-state index is -4.20. The molecule has 0 aliphatic heterocycles. The number of hydrogen-bond acceptors (Lipinski definition) is 5. The Hall–Kier alpha value is -2.06. The van der Waals surface area contributed by atoms with Gasteiger partial charge in [-0.05, 0) is 13.0 Å². The summed E-state index contributed by atoms with van der Waals surface area (Å²) in [6.45, 7) is 0.369. The summed E-state index contributed by atoms with van der Waals surface area (Å²) < 4.78 is 54.1. The molecular weight excluding hydrogens is 282 g/mol. The van der Waals surface area contributed by atoms with Crippen molar-refractivity contribution in [1.82, 2.24) is 4.98 Å². The van der Waals surface area contributed by atoms with E-state index in [1.54, 1.807) is 6.92 Å². The van der Waals surface area contributed by atoms with Crippen LogP contribution in [0.5, 0.6) is 0 Å². The molecule has 0 fully saturated rings. The number of nitrogen functional groups attached to an aromatic ring is 1. The molecule has 0 spiro atoms. The molecule has 0 amide bonds. The standard InChI is InChI=1S/C11H13F4N3O2/c1-2-20-9(19)6-3-8(17-4-7(6)16)18-5-11(14,15)10(12)13/h3-4,10H,2,5,16H2,1H3,(H,17,18). The third-order valence-corrected chi connectivity index (χ3v) is 2.25. The van der Waals surface area contributed by atoms with Crippen LogP contribution in [0.15, 0.2) is 12.3 Å². The van der Waals surface area contributed by atoms with Crippen LogP contribution in [-0.2, 0) is 4.74 Å². The van der Waals surface area contributed by atoms with Gasteiger partial charge in [0.2, 0.25) is 0 Å². The van der Waals surface area contributed by atoms with Crippen molar-refractivity contribution >= 4 is 17.5 Å². The summed E-state index contributed by atoms with van der Waals surface area (Å²) in [4.78, 5) is 15.1. The number of rotatable bonds is 6. The van der Waals surface area contributed by atoms with Crippen molar-refractivity contribution in [2.45, 2.75) is 19.3 Å². The lowest BCUT2D eigenvalue weighted by atomic mass is 10.2. The Morgan fingerprint density at radius 2 is 2.20 bits per heavy atom. The number of halogens is 4. The van der Waals surface area contributed by atoms with Gasteiger partial charge in [-0.3, -0.25) is 0 Å². The van der Waals surface area contributed by atoms with Gasteiger partial charge in [0.25, 0.3) is 0 Å². The third kappa shape index (κ3) is 3.97. The van der Waals surface area contributed by atoms with Gasteiger partial charge in [-0.25, -0.2) is 18.6 Å². The molecule has 1 rings (SSSR count). The van der Waals surface area contributed by atoms with Crippen LogP contribution in [0.1, 0.15) is 17.3 Å². The summed E-state index contributed by atoms with van der Waals surface area (Å²) in [6, 6.07) is 1.06. The molecule has 1 aromatic heterocycles. The van der Waals surface area contributed by atoms with E-state index in [2.05, 4.69) is 4.98 Å². The smallest absolute Gasteiger partial charge is 0.340 e. The number of ether oxygens (including phenoxy) is 1. The van der Waals surface area contributed by atoms with E-state index in [0.717, 1.165) is 12.3 Å².